The summed E-state index contributed by atoms with van der Waals surface area (Å²) in [7, 11) is 1.66. The van der Waals surface area contributed by atoms with Gasteiger partial charge < -0.3 is 4.74 Å². The molecule has 29 heavy (non-hydrogen) atoms. The van der Waals surface area contributed by atoms with Crippen LogP contribution in [-0.2, 0) is 6.54 Å². The van der Waals surface area contributed by atoms with E-state index in [0.717, 1.165) is 27.8 Å². The number of aromatic nitrogens is 2. The number of hydrazone groups is 1. The number of nitrogens with zero attached hydrogens (tertiary/aromatic N) is 3. The second-order valence-electron chi connectivity index (χ2n) is 6.74. The SMILES string of the molecule is CCn1c(N/N=C(/C)c2ccc3cc(OC)ccc3c2)nc2ccccc2c1=O. The van der Waals surface area contributed by atoms with Gasteiger partial charge in [-0.15, -0.1) is 0 Å². The Balaban J connectivity index is 1.68. The Hall–Kier alpha value is -3.67. The number of rotatable bonds is 5. The number of nitrogens with one attached hydrogen (secondary N) is 1. The minimum Gasteiger partial charge on any atom is -0.497 e. The molecule has 0 aliphatic heterocycles. The highest BCUT2D eigenvalue weighted by molar-refractivity contribution is 6.02. The Morgan fingerprint density at radius 1 is 1.10 bits per heavy atom. The average Bonchev–Trinajstić information content (AvgIpc) is 2.76. The molecule has 1 N–H and O–H groups in total. The first-order chi connectivity index (χ1) is 14.1. The van der Waals surface area contributed by atoms with Crippen LogP contribution in [0.15, 0.2) is 70.6 Å². The van der Waals surface area contributed by atoms with E-state index in [1.165, 1.54) is 0 Å². The smallest absolute Gasteiger partial charge is 0.262 e. The topological polar surface area (TPSA) is 68.5 Å². The van der Waals surface area contributed by atoms with Gasteiger partial charge in [0.1, 0.15) is 5.75 Å². The first kappa shape index (κ1) is 18.7. The summed E-state index contributed by atoms with van der Waals surface area (Å²) in [6.07, 6.45) is 0. The van der Waals surface area contributed by atoms with Gasteiger partial charge in [-0.1, -0.05) is 30.3 Å². The van der Waals surface area contributed by atoms with Crippen LogP contribution in [0.3, 0.4) is 0 Å². The van der Waals surface area contributed by atoms with Crippen LogP contribution < -0.4 is 15.7 Å². The van der Waals surface area contributed by atoms with Crippen molar-refractivity contribution in [1.29, 1.82) is 0 Å². The van der Waals surface area contributed by atoms with Gasteiger partial charge in [0.15, 0.2) is 0 Å². The van der Waals surface area contributed by atoms with Crippen molar-refractivity contribution >= 4 is 33.3 Å². The third-order valence-corrected chi connectivity index (χ3v) is 4.97. The third-order valence-electron chi connectivity index (χ3n) is 4.97. The number of hydrogen-bond donors (Lipinski definition) is 1. The van der Waals surface area contributed by atoms with E-state index in [0.29, 0.717) is 23.4 Å². The molecule has 0 fully saturated rings. The maximum absolute atomic E-state index is 12.7. The van der Waals surface area contributed by atoms with Gasteiger partial charge in [0, 0.05) is 6.54 Å². The summed E-state index contributed by atoms with van der Waals surface area (Å²) >= 11 is 0. The highest BCUT2D eigenvalue weighted by Crippen LogP contribution is 2.22. The van der Waals surface area contributed by atoms with Crippen LogP contribution >= 0.6 is 0 Å². The maximum atomic E-state index is 12.7. The van der Waals surface area contributed by atoms with Crippen molar-refractivity contribution in [2.45, 2.75) is 20.4 Å². The predicted molar refractivity (Wildman–Crippen MR) is 118 cm³/mol. The van der Waals surface area contributed by atoms with E-state index in [2.05, 4.69) is 21.6 Å². The van der Waals surface area contributed by atoms with E-state index in [9.17, 15) is 4.79 Å². The summed E-state index contributed by atoms with van der Waals surface area (Å²) in [6, 6.07) is 19.4. The molecule has 0 atom stereocenters. The van der Waals surface area contributed by atoms with Gasteiger partial charge in [0.05, 0.1) is 23.7 Å². The lowest BCUT2D eigenvalue weighted by Crippen LogP contribution is -2.23. The molecule has 0 bridgehead atoms. The predicted octanol–water partition coefficient (Wildman–Crippen LogP) is 4.41. The zero-order valence-corrected chi connectivity index (χ0v) is 16.6. The molecule has 1 aromatic heterocycles. The lowest BCUT2D eigenvalue weighted by molar-refractivity contribution is 0.415. The molecule has 0 radical (unpaired) electrons. The zero-order valence-electron chi connectivity index (χ0n) is 16.6. The molecule has 0 aliphatic carbocycles. The van der Waals surface area contributed by atoms with Crippen LogP contribution in [0.1, 0.15) is 19.4 Å². The van der Waals surface area contributed by atoms with Crippen LogP contribution in [0.4, 0.5) is 5.95 Å². The molecular weight excluding hydrogens is 364 g/mol. The minimum atomic E-state index is -0.0758. The van der Waals surface area contributed by atoms with Gasteiger partial charge >= 0.3 is 0 Å². The standard InChI is InChI=1S/C23H22N4O2/c1-4-27-22(28)20-7-5-6-8-21(20)24-23(27)26-25-15(2)16-9-10-18-14-19(29-3)12-11-17(18)13-16/h5-14H,4H2,1-3H3,(H,24,26)/b25-15-. The van der Waals surface area contributed by atoms with Crippen LogP contribution in [0.25, 0.3) is 21.7 Å². The van der Waals surface area contributed by atoms with Gasteiger partial charge in [-0.2, -0.15) is 5.10 Å². The van der Waals surface area contributed by atoms with Gasteiger partial charge in [-0.25, -0.2) is 10.4 Å². The summed E-state index contributed by atoms with van der Waals surface area (Å²) < 4.78 is 6.87. The molecule has 0 saturated carbocycles. The molecule has 0 spiro atoms. The van der Waals surface area contributed by atoms with E-state index in [4.69, 9.17) is 4.74 Å². The third kappa shape index (κ3) is 3.57. The van der Waals surface area contributed by atoms with E-state index in [1.54, 1.807) is 17.7 Å². The van der Waals surface area contributed by atoms with E-state index in [1.807, 2.05) is 62.4 Å². The summed E-state index contributed by atoms with van der Waals surface area (Å²) in [5, 5.41) is 7.29. The Morgan fingerprint density at radius 3 is 2.66 bits per heavy atom. The highest BCUT2D eigenvalue weighted by atomic mass is 16.5. The molecule has 0 aliphatic rings. The number of fused-ring (bicyclic) bond motifs is 2. The maximum Gasteiger partial charge on any atom is 0.262 e. The Labute approximate surface area is 168 Å². The molecule has 3 aromatic carbocycles. The first-order valence-corrected chi connectivity index (χ1v) is 9.48. The number of benzene rings is 3. The van der Waals surface area contributed by atoms with Gasteiger partial charge in [-0.3, -0.25) is 9.36 Å². The van der Waals surface area contributed by atoms with Crippen molar-refractivity contribution < 1.29 is 4.74 Å². The van der Waals surface area contributed by atoms with E-state index >= 15 is 0 Å². The van der Waals surface area contributed by atoms with E-state index < -0.39 is 0 Å². The zero-order chi connectivity index (χ0) is 20.4. The van der Waals surface area contributed by atoms with Crippen LogP contribution in [-0.4, -0.2) is 22.4 Å². The lowest BCUT2D eigenvalue weighted by Gasteiger charge is -2.11. The Bertz CT molecular complexity index is 1290. The summed E-state index contributed by atoms with van der Waals surface area (Å²) in [4.78, 5) is 17.3. The molecule has 4 aromatic rings. The normalized spacial score (nSPS) is 11.8. The quantitative estimate of drug-likeness (QED) is 0.407. The van der Waals surface area contributed by atoms with Crippen molar-refractivity contribution in [3.05, 3.63) is 76.6 Å². The first-order valence-electron chi connectivity index (χ1n) is 9.48. The van der Waals surface area contributed by atoms with Crippen molar-refractivity contribution in [1.82, 2.24) is 9.55 Å². The van der Waals surface area contributed by atoms with Crippen molar-refractivity contribution in [2.24, 2.45) is 5.10 Å². The molecule has 146 valence electrons. The minimum absolute atomic E-state index is 0.0758. The Kier molecular flexibility index (Phi) is 4.99. The fourth-order valence-corrected chi connectivity index (χ4v) is 3.32. The highest BCUT2D eigenvalue weighted by Gasteiger charge is 2.09. The van der Waals surface area contributed by atoms with Crippen LogP contribution in [0, 0.1) is 0 Å². The molecular formula is C23H22N4O2. The second-order valence-corrected chi connectivity index (χ2v) is 6.74. The van der Waals surface area contributed by atoms with Crippen LogP contribution in [0.2, 0.25) is 0 Å². The second kappa shape index (κ2) is 7.75. The molecule has 4 rings (SSSR count). The molecule has 0 amide bonds. The number of ether oxygens (including phenoxy) is 1. The summed E-state index contributed by atoms with van der Waals surface area (Å²) in [6.45, 7) is 4.34. The molecule has 0 saturated heterocycles. The average molecular weight is 386 g/mol. The van der Waals surface area contributed by atoms with Gasteiger partial charge in [0.2, 0.25) is 5.95 Å². The number of anilines is 1. The molecule has 6 heteroatoms. The number of methoxy groups -OCH3 is 1. The van der Waals surface area contributed by atoms with Gasteiger partial charge in [-0.05, 0) is 60.5 Å². The Morgan fingerprint density at radius 2 is 1.86 bits per heavy atom. The fraction of sp³-hybridized carbons (Fsp3) is 0.174. The molecule has 0 unspecified atom stereocenters. The monoisotopic (exact) mass is 386 g/mol. The van der Waals surface area contributed by atoms with Gasteiger partial charge in [0.25, 0.3) is 5.56 Å². The molecule has 1 heterocycles. The van der Waals surface area contributed by atoms with Crippen molar-refractivity contribution in [3.8, 4) is 5.75 Å². The van der Waals surface area contributed by atoms with E-state index in [-0.39, 0.29) is 5.56 Å². The lowest BCUT2D eigenvalue weighted by atomic mass is 10.0. The summed E-state index contributed by atoms with van der Waals surface area (Å²) in [5.74, 6) is 1.26. The summed E-state index contributed by atoms with van der Waals surface area (Å²) in [5.41, 5.74) is 5.34. The van der Waals surface area contributed by atoms with Crippen molar-refractivity contribution in [2.75, 3.05) is 12.5 Å². The van der Waals surface area contributed by atoms with Crippen LogP contribution in [0.5, 0.6) is 5.75 Å². The van der Waals surface area contributed by atoms with Crippen molar-refractivity contribution in [3.63, 3.8) is 0 Å². The number of hydrogen-bond acceptors (Lipinski definition) is 5. The largest absolute Gasteiger partial charge is 0.497 e. The fourth-order valence-electron chi connectivity index (χ4n) is 3.32. The molecule has 6 nitrogen and oxygen atoms in total. The number of para-hydroxylation sites is 1.